The average molecular weight is 235 g/mol. The van der Waals surface area contributed by atoms with Crippen molar-refractivity contribution in [2.75, 3.05) is 5.73 Å². The molecule has 0 saturated carbocycles. The van der Waals surface area contributed by atoms with E-state index in [9.17, 15) is 0 Å². The van der Waals surface area contributed by atoms with Gasteiger partial charge in [-0.25, -0.2) is 0 Å². The third kappa shape index (κ3) is 2.55. The summed E-state index contributed by atoms with van der Waals surface area (Å²) >= 11 is 1.62. The number of nitrogens with zero attached hydrogens (tertiary/aromatic N) is 2. The first-order chi connectivity index (χ1) is 7.65. The zero-order valence-electron chi connectivity index (χ0n) is 9.23. The maximum Gasteiger partial charge on any atom is 0.223 e. The summed E-state index contributed by atoms with van der Waals surface area (Å²) in [6, 6.07) is 5.98. The zero-order chi connectivity index (χ0) is 11.5. The predicted molar refractivity (Wildman–Crippen MR) is 64.2 cm³/mol. The van der Waals surface area contributed by atoms with Gasteiger partial charge in [-0.2, -0.15) is 4.98 Å². The van der Waals surface area contributed by atoms with Crippen LogP contribution in [0, 0.1) is 13.8 Å². The lowest BCUT2D eigenvalue weighted by molar-refractivity contribution is 0.389. The number of nitrogen functional groups attached to an aromatic ring is 1. The summed E-state index contributed by atoms with van der Waals surface area (Å²) < 4.78 is 4.90. The van der Waals surface area contributed by atoms with Gasteiger partial charge in [-0.3, -0.25) is 0 Å². The molecular formula is C11H13N3OS. The fourth-order valence-corrected chi connectivity index (χ4v) is 2.21. The predicted octanol–water partition coefficient (Wildman–Crippen LogP) is 2.56. The molecule has 0 aliphatic rings. The Morgan fingerprint density at radius 1 is 1.38 bits per heavy atom. The summed E-state index contributed by atoms with van der Waals surface area (Å²) in [4.78, 5) is 5.20. The highest BCUT2D eigenvalue weighted by Gasteiger charge is 2.05. The number of aryl methyl sites for hydroxylation is 2. The van der Waals surface area contributed by atoms with Crippen LogP contribution in [0.4, 0.5) is 5.69 Å². The Hall–Kier alpha value is -1.49. The van der Waals surface area contributed by atoms with Gasteiger partial charge >= 0.3 is 0 Å². The van der Waals surface area contributed by atoms with Crippen molar-refractivity contribution in [3.05, 3.63) is 35.5 Å². The minimum atomic E-state index is 0.591. The van der Waals surface area contributed by atoms with E-state index < -0.39 is 0 Å². The maximum absolute atomic E-state index is 5.87. The number of nitrogens with two attached hydrogens (primary N) is 1. The second kappa shape index (κ2) is 4.57. The van der Waals surface area contributed by atoms with Gasteiger partial charge in [-0.1, -0.05) is 11.2 Å². The third-order valence-corrected chi connectivity index (χ3v) is 3.16. The molecule has 0 unspecified atom stereocenters. The van der Waals surface area contributed by atoms with Crippen molar-refractivity contribution in [2.24, 2.45) is 0 Å². The van der Waals surface area contributed by atoms with Crippen LogP contribution in [0.2, 0.25) is 0 Å². The minimum absolute atomic E-state index is 0.591. The van der Waals surface area contributed by atoms with Crippen molar-refractivity contribution >= 4 is 17.4 Å². The molecule has 1 aromatic heterocycles. The lowest BCUT2D eigenvalue weighted by atomic mass is 10.2. The van der Waals surface area contributed by atoms with E-state index in [1.54, 1.807) is 18.7 Å². The van der Waals surface area contributed by atoms with Crippen LogP contribution in [0.1, 0.15) is 17.3 Å². The van der Waals surface area contributed by atoms with Gasteiger partial charge in [0.1, 0.15) is 0 Å². The Bertz CT molecular complexity index is 496. The lowest BCUT2D eigenvalue weighted by Gasteiger charge is -2.04. The molecule has 0 aliphatic carbocycles. The summed E-state index contributed by atoms with van der Waals surface area (Å²) in [5.74, 6) is 1.96. The summed E-state index contributed by atoms with van der Waals surface area (Å²) in [6.45, 7) is 3.82. The number of hydrogen-bond donors (Lipinski definition) is 1. The molecule has 0 aliphatic heterocycles. The molecule has 0 saturated heterocycles. The molecule has 0 bridgehead atoms. The second-order valence-electron chi connectivity index (χ2n) is 3.56. The molecule has 1 heterocycles. The molecule has 5 heteroatoms. The van der Waals surface area contributed by atoms with Crippen LogP contribution in [0.5, 0.6) is 0 Å². The molecule has 16 heavy (non-hydrogen) atoms. The van der Waals surface area contributed by atoms with Gasteiger partial charge < -0.3 is 10.3 Å². The Morgan fingerprint density at radius 2 is 2.19 bits per heavy atom. The van der Waals surface area contributed by atoms with Gasteiger partial charge in [0.25, 0.3) is 0 Å². The molecule has 4 nitrogen and oxygen atoms in total. The average Bonchev–Trinajstić information content (AvgIpc) is 2.66. The Morgan fingerprint density at radius 3 is 2.88 bits per heavy atom. The summed E-state index contributed by atoms with van der Waals surface area (Å²) in [5.41, 5.74) is 7.86. The molecule has 84 valence electrons. The van der Waals surface area contributed by atoms with Gasteiger partial charge in [-0.15, -0.1) is 11.8 Å². The molecular weight excluding hydrogens is 222 g/mol. The lowest BCUT2D eigenvalue weighted by Crippen LogP contribution is -1.90. The largest absolute Gasteiger partial charge is 0.398 e. The van der Waals surface area contributed by atoms with Crippen molar-refractivity contribution in [1.82, 2.24) is 10.1 Å². The van der Waals surface area contributed by atoms with Crippen LogP contribution >= 0.6 is 11.8 Å². The summed E-state index contributed by atoms with van der Waals surface area (Å²) in [6.07, 6.45) is 0. The minimum Gasteiger partial charge on any atom is -0.398 e. The highest BCUT2D eigenvalue weighted by atomic mass is 32.2. The van der Waals surface area contributed by atoms with Crippen molar-refractivity contribution in [1.29, 1.82) is 0 Å². The van der Waals surface area contributed by atoms with Gasteiger partial charge in [-0.05, 0) is 24.6 Å². The first-order valence-corrected chi connectivity index (χ1v) is 5.92. The molecule has 2 rings (SSSR count). The highest BCUT2D eigenvalue weighted by molar-refractivity contribution is 7.98. The van der Waals surface area contributed by atoms with Crippen LogP contribution in [-0.4, -0.2) is 10.1 Å². The SMILES string of the molecule is Cc1ccc(N)c(SCc2noc(C)n2)c1. The van der Waals surface area contributed by atoms with E-state index in [0.29, 0.717) is 17.5 Å². The third-order valence-electron chi connectivity index (χ3n) is 2.10. The Labute approximate surface area is 98.2 Å². The number of rotatable bonds is 3. The van der Waals surface area contributed by atoms with Crippen LogP contribution in [-0.2, 0) is 5.75 Å². The maximum atomic E-state index is 5.87. The van der Waals surface area contributed by atoms with E-state index in [1.807, 2.05) is 19.1 Å². The van der Waals surface area contributed by atoms with E-state index in [1.165, 1.54) is 5.56 Å². The monoisotopic (exact) mass is 235 g/mol. The standard InChI is InChI=1S/C11H13N3OS/c1-7-3-4-9(12)10(5-7)16-6-11-13-8(2)15-14-11/h3-5H,6,12H2,1-2H3. The summed E-state index contributed by atoms with van der Waals surface area (Å²) in [5, 5.41) is 3.84. The van der Waals surface area contributed by atoms with E-state index in [-0.39, 0.29) is 0 Å². The van der Waals surface area contributed by atoms with Crippen molar-refractivity contribution in [2.45, 2.75) is 24.5 Å². The van der Waals surface area contributed by atoms with Crippen molar-refractivity contribution in [3.63, 3.8) is 0 Å². The number of benzene rings is 1. The molecule has 1 aromatic carbocycles. The number of anilines is 1. The van der Waals surface area contributed by atoms with Crippen molar-refractivity contribution in [3.8, 4) is 0 Å². The first kappa shape index (κ1) is 11.0. The van der Waals surface area contributed by atoms with Crippen LogP contribution < -0.4 is 5.73 Å². The molecule has 2 aromatic rings. The molecule has 0 atom stereocenters. The van der Waals surface area contributed by atoms with E-state index in [2.05, 4.69) is 16.2 Å². The number of hydrogen-bond acceptors (Lipinski definition) is 5. The van der Waals surface area contributed by atoms with E-state index in [4.69, 9.17) is 10.3 Å². The topological polar surface area (TPSA) is 64.9 Å². The molecule has 0 spiro atoms. The molecule has 0 radical (unpaired) electrons. The van der Waals surface area contributed by atoms with Crippen molar-refractivity contribution < 1.29 is 4.52 Å². The van der Waals surface area contributed by atoms with Gasteiger partial charge in [0.2, 0.25) is 5.89 Å². The quantitative estimate of drug-likeness (QED) is 0.654. The summed E-state index contributed by atoms with van der Waals surface area (Å²) in [7, 11) is 0. The van der Waals surface area contributed by atoms with Gasteiger partial charge in [0.15, 0.2) is 5.82 Å². The smallest absolute Gasteiger partial charge is 0.223 e. The van der Waals surface area contributed by atoms with Crippen LogP contribution in [0.25, 0.3) is 0 Å². The fraction of sp³-hybridized carbons (Fsp3) is 0.273. The normalized spacial score (nSPS) is 10.6. The van der Waals surface area contributed by atoms with Crippen LogP contribution in [0.15, 0.2) is 27.6 Å². The fourth-order valence-electron chi connectivity index (χ4n) is 1.31. The Kier molecular flexibility index (Phi) is 3.14. The highest BCUT2D eigenvalue weighted by Crippen LogP contribution is 2.28. The van der Waals surface area contributed by atoms with Gasteiger partial charge in [0, 0.05) is 17.5 Å². The number of aromatic nitrogens is 2. The van der Waals surface area contributed by atoms with E-state index in [0.717, 1.165) is 10.6 Å². The van der Waals surface area contributed by atoms with Crippen LogP contribution in [0.3, 0.4) is 0 Å². The Balaban J connectivity index is 2.07. The second-order valence-corrected chi connectivity index (χ2v) is 4.58. The number of thioether (sulfide) groups is 1. The van der Waals surface area contributed by atoms with E-state index >= 15 is 0 Å². The first-order valence-electron chi connectivity index (χ1n) is 4.93. The van der Waals surface area contributed by atoms with Gasteiger partial charge in [0.05, 0.1) is 5.75 Å². The zero-order valence-corrected chi connectivity index (χ0v) is 10.0. The molecule has 0 amide bonds. The molecule has 0 fully saturated rings. The molecule has 2 N–H and O–H groups in total.